The molecule has 0 unspecified atom stereocenters. The molecule has 0 saturated carbocycles. The van der Waals surface area contributed by atoms with E-state index in [1.54, 1.807) is 19.9 Å². The zero-order valence-corrected chi connectivity index (χ0v) is 14.9. The van der Waals surface area contributed by atoms with Gasteiger partial charge in [-0.15, -0.1) is 5.73 Å². The lowest BCUT2D eigenvalue weighted by molar-refractivity contribution is -0.136. The van der Waals surface area contributed by atoms with Crippen molar-refractivity contribution in [2.45, 2.75) is 51.9 Å². The summed E-state index contributed by atoms with van der Waals surface area (Å²) in [6.45, 7) is 5.29. The highest BCUT2D eigenvalue weighted by atomic mass is 16.6. The van der Waals surface area contributed by atoms with Crippen LogP contribution in [0.25, 0.3) is 0 Å². The maximum atomic E-state index is 12.7. The number of amides is 2. The van der Waals surface area contributed by atoms with Crippen LogP contribution in [0, 0.1) is 5.92 Å². The Labute approximate surface area is 148 Å². The average molecular weight is 343 g/mol. The number of ether oxygens (including phenoxy) is 1. The molecule has 0 aromatic heterocycles. The van der Waals surface area contributed by atoms with Gasteiger partial charge in [-0.25, -0.2) is 9.69 Å². The molecule has 5 heteroatoms. The molecule has 1 saturated heterocycles. The smallest absolute Gasteiger partial charge is 0.417 e. The number of imide groups is 1. The summed E-state index contributed by atoms with van der Waals surface area (Å²) < 4.78 is 5.40. The van der Waals surface area contributed by atoms with Gasteiger partial charge in [0.2, 0.25) is 5.91 Å². The normalized spacial score (nSPS) is 21.9. The van der Waals surface area contributed by atoms with Crippen LogP contribution in [0.1, 0.15) is 45.3 Å². The first kappa shape index (κ1) is 19.0. The Morgan fingerprint density at radius 3 is 2.72 bits per heavy atom. The van der Waals surface area contributed by atoms with Crippen molar-refractivity contribution in [2.75, 3.05) is 0 Å². The summed E-state index contributed by atoms with van der Waals surface area (Å²) in [4.78, 5) is 26.1. The molecular formula is C20H25NO4. The van der Waals surface area contributed by atoms with E-state index in [2.05, 4.69) is 5.73 Å². The van der Waals surface area contributed by atoms with E-state index < -0.39 is 36.2 Å². The van der Waals surface area contributed by atoms with E-state index in [-0.39, 0.29) is 0 Å². The van der Waals surface area contributed by atoms with Crippen molar-refractivity contribution in [3.8, 4) is 0 Å². The van der Waals surface area contributed by atoms with Crippen LogP contribution in [-0.2, 0) is 9.53 Å². The monoisotopic (exact) mass is 343 g/mol. The highest BCUT2D eigenvalue weighted by Gasteiger charge is 2.45. The van der Waals surface area contributed by atoms with Crippen LogP contribution in [-0.4, -0.2) is 34.2 Å². The van der Waals surface area contributed by atoms with Crippen molar-refractivity contribution in [2.24, 2.45) is 5.92 Å². The van der Waals surface area contributed by atoms with Gasteiger partial charge in [0.05, 0.1) is 18.1 Å². The minimum Gasteiger partial charge on any atom is -0.439 e. The van der Waals surface area contributed by atoms with Crippen LogP contribution in [0.15, 0.2) is 48.2 Å². The molecule has 1 fully saturated rings. The van der Waals surface area contributed by atoms with E-state index in [1.807, 2.05) is 43.3 Å². The molecule has 25 heavy (non-hydrogen) atoms. The van der Waals surface area contributed by atoms with Crippen molar-refractivity contribution in [3.63, 3.8) is 0 Å². The number of carbonyl (C=O) groups excluding carboxylic acids is 2. The molecule has 4 atom stereocenters. The molecule has 1 heterocycles. The number of rotatable bonds is 6. The van der Waals surface area contributed by atoms with E-state index in [4.69, 9.17) is 4.74 Å². The minimum atomic E-state index is -0.821. The minimum absolute atomic E-state index is 0.404. The van der Waals surface area contributed by atoms with E-state index >= 15 is 0 Å². The molecule has 0 radical (unpaired) electrons. The van der Waals surface area contributed by atoms with E-state index in [0.717, 1.165) is 10.5 Å². The fraction of sp³-hybridized carbons (Fsp3) is 0.450. The highest BCUT2D eigenvalue weighted by molar-refractivity contribution is 5.95. The van der Waals surface area contributed by atoms with Crippen molar-refractivity contribution in [1.29, 1.82) is 0 Å². The third kappa shape index (κ3) is 4.38. The van der Waals surface area contributed by atoms with Crippen molar-refractivity contribution < 1.29 is 19.4 Å². The molecular weight excluding hydrogens is 318 g/mol. The SMILES string of the molecule is CC=C=CCC[C@H](O)[C@@H](C)C(=O)N1C(=O)O[C@@H](c2ccccc2)[C@H]1C. The Kier molecular flexibility index (Phi) is 6.57. The number of aliphatic hydroxyl groups is 1. The summed E-state index contributed by atoms with van der Waals surface area (Å²) in [6, 6.07) is 8.94. The fourth-order valence-corrected chi connectivity index (χ4v) is 2.93. The average Bonchev–Trinajstić information content (AvgIpc) is 2.92. The number of benzene rings is 1. The summed E-state index contributed by atoms with van der Waals surface area (Å²) in [5, 5.41) is 10.2. The largest absolute Gasteiger partial charge is 0.439 e. The number of aliphatic hydroxyl groups excluding tert-OH is 1. The Morgan fingerprint density at radius 2 is 2.08 bits per heavy atom. The predicted octanol–water partition coefficient (Wildman–Crippen LogP) is 3.60. The second kappa shape index (κ2) is 8.65. The van der Waals surface area contributed by atoms with Gasteiger partial charge in [-0.05, 0) is 44.4 Å². The van der Waals surface area contributed by atoms with E-state index in [1.165, 1.54) is 0 Å². The standard InChI is InChI=1S/C20H25NO4/c1-4-5-6-10-13-17(22)14(2)19(23)21-15(3)18(25-20(21)24)16-11-8-7-9-12-16/h4,6-9,11-12,14-15,17-18,22H,10,13H2,1-3H3/t5?,14-,15-,17+,18-/m1/s1. The fourth-order valence-electron chi connectivity index (χ4n) is 2.93. The van der Waals surface area contributed by atoms with Gasteiger partial charge in [-0.2, -0.15) is 0 Å². The number of cyclic esters (lactones) is 1. The predicted molar refractivity (Wildman–Crippen MR) is 94.7 cm³/mol. The summed E-state index contributed by atoms with van der Waals surface area (Å²) in [6.07, 6.45) is 2.70. The number of hydrogen-bond donors (Lipinski definition) is 1. The number of allylic oxidation sites excluding steroid dienone is 1. The van der Waals surface area contributed by atoms with Crippen LogP contribution < -0.4 is 0 Å². The lowest BCUT2D eigenvalue weighted by atomic mass is 9.97. The van der Waals surface area contributed by atoms with Crippen LogP contribution in [0.2, 0.25) is 0 Å². The molecule has 5 nitrogen and oxygen atoms in total. The van der Waals surface area contributed by atoms with Gasteiger partial charge < -0.3 is 9.84 Å². The molecule has 1 aromatic rings. The summed E-state index contributed by atoms with van der Waals surface area (Å²) in [5.74, 6) is -1.08. The van der Waals surface area contributed by atoms with Crippen molar-refractivity contribution in [3.05, 3.63) is 53.8 Å². The van der Waals surface area contributed by atoms with Crippen molar-refractivity contribution in [1.82, 2.24) is 4.90 Å². The highest BCUT2D eigenvalue weighted by Crippen LogP contribution is 2.33. The van der Waals surface area contributed by atoms with Gasteiger partial charge in [-0.1, -0.05) is 37.3 Å². The van der Waals surface area contributed by atoms with Crippen LogP contribution in [0.4, 0.5) is 4.79 Å². The molecule has 0 aliphatic carbocycles. The maximum absolute atomic E-state index is 12.7. The molecule has 134 valence electrons. The van der Waals surface area contributed by atoms with E-state index in [9.17, 15) is 14.7 Å². The summed E-state index contributed by atoms with van der Waals surface area (Å²) in [7, 11) is 0. The first-order valence-corrected chi connectivity index (χ1v) is 8.59. The molecule has 1 aliphatic heterocycles. The van der Waals surface area contributed by atoms with Gasteiger partial charge in [0.1, 0.15) is 6.10 Å². The quantitative estimate of drug-likeness (QED) is 0.802. The molecule has 1 aromatic carbocycles. The van der Waals surface area contributed by atoms with E-state index in [0.29, 0.717) is 12.8 Å². The van der Waals surface area contributed by atoms with Gasteiger partial charge in [0, 0.05) is 0 Å². The molecule has 2 amide bonds. The van der Waals surface area contributed by atoms with Crippen molar-refractivity contribution >= 4 is 12.0 Å². The Balaban J connectivity index is 2.05. The third-order valence-corrected chi connectivity index (χ3v) is 4.49. The number of carbonyl (C=O) groups is 2. The Hall–Kier alpha value is -2.36. The maximum Gasteiger partial charge on any atom is 0.417 e. The zero-order chi connectivity index (χ0) is 18.4. The zero-order valence-electron chi connectivity index (χ0n) is 14.9. The van der Waals surface area contributed by atoms with Gasteiger partial charge in [-0.3, -0.25) is 4.79 Å². The topological polar surface area (TPSA) is 66.8 Å². The Morgan fingerprint density at radius 1 is 1.40 bits per heavy atom. The first-order chi connectivity index (χ1) is 12.0. The molecule has 0 bridgehead atoms. The first-order valence-electron chi connectivity index (χ1n) is 8.59. The van der Waals surface area contributed by atoms with Crippen LogP contribution >= 0.6 is 0 Å². The van der Waals surface area contributed by atoms with Gasteiger partial charge in [0.15, 0.2) is 0 Å². The summed E-state index contributed by atoms with van der Waals surface area (Å²) in [5.41, 5.74) is 3.78. The van der Waals surface area contributed by atoms with Crippen LogP contribution in [0.3, 0.4) is 0 Å². The Bertz CT molecular complexity index is 664. The van der Waals surface area contributed by atoms with Gasteiger partial charge >= 0.3 is 6.09 Å². The third-order valence-electron chi connectivity index (χ3n) is 4.49. The molecule has 1 N–H and O–H groups in total. The molecule has 0 spiro atoms. The summed E-state index contributed by atoms with van der Waals surface area (Å²) >= 11 is 0. The molecule has 2 rings (SSSR count). The second-order valence-corrected chi connectivity index (χ2v) is 6.26. The van der Waals surface area contributed by atoms with Crippen LogP contribution in [0.5, 0.6) is 0 Å². The number of hydrogen-bond acceptors (Lipinski definition) is 4. The lowest BCUT2D eigenvalue weighted by Crippen LogP contribution is -2.44. The second-order valence-electron chi connectivity index (χ2n) is 6.26. The lowest BCUT2D eigenvalue weighted by Gasteiger charge is -2.25. The van der Waals surface area contributed by atoms with Gasteiger partial charge in [0.25, 0.3) is 0 Å². The number of nitrogens with zero attached hydrogens (tertiary/aromatic N) is 1. The molecule has 1 aliphatic rings.